The van der Waals surface area contributed by atoms with Crippen molar-refractivity contribution in [1.82, 2.24) is 4.90 Å². The Hall–Kier alpha value is -2.32. The van der Waals surface area contributed by atoms with E-state index >= 15 is 4.39 Å². The van der Waals surface area contributed by atoms with Gasteiger partial charge in [-0.1, -0.05) is 17.7 Å². The van der Waals surface area contributed by atoms with Crippen molar-refractivity contribution in [3.63, 3.8) is 0 Å². The number of esters is 1. The van der Waals surface area contributed by atoms with Crippen molar-refractivity contribution in [2.75, 3.05) is 13.1 Å². The molecule has 1 heterocycles. The minimum Gasteiger partial charge on any atom is -0.490 e. The Morgan fingerprint density at radius 3 is 2.31 bits per heavy atom. The highest BCUT2D eigenvalue weighted by atomic mass is 35.5. The van der Waals surface area contributed by atoms with Gasteiger partial charge in [0, 0.05) is 25.2 Å². The van der Waals surface area contributed by atoms with Crippen molar-refractivity contribution in [2.24, 2.45) is 0 Å². The molecule has 1 saturated heterocycles. The van der Waals surface area contributed by atoms with Gasteiger partial charge in [-0.2, -0.15) is 13.2 Å². The number of hydrogen-bond donors (Lipinski definition) is 0. The molecule has 0 spiro atoms. The van der Waals surface area contributed by atoms with E-state index in [0.717, 1.165) is 24.5 Å². The van der Waals surface area contributed by atoms with Gasteiger partial charge < -0.3 is 9.47 Å². The second kappa shape index (κ2) is 10.2. The van der Waals surface area contributed by atoms with Crippen LogP contribution in [0.2, 0.25) is 5.02 Å². The number of carbonyl (C=O) groups excluding carboxylic acids is 1. The van der Waals surface area contributed by atoms with E-state index in [1.54, 1.807) is 26.8 Å². The first-order chi connectivity index (χ1) is 16.8. The number of ether oxygens (including phenoxy) is 2. The van der Waals surface area contributed by atoms with Crippen LogP contribution in [-0.2, 0) is 17.5 Å². The fourth-order valence-electron chi connectivity index (χ4n) is 4.37. The SMILES string of the molecule is CC(C)(C)OC(=O)c1cc(C2CC2)cc(CN2CCC(Oc3ccc(Cl)c(C(F)(F)F)c3)CC2)c1F. The summed E-state index contributed by atoms with van der Waals surface area (Å²) in [7, 11) is 0. The number of halogens is 5. The lowest BCUT2D eigenvalue weighted by molar-refractivity contribution is -0.137. The van der Waals surface area contributed by atoms with Gasteiger partial charge in [-0.15, -0.1) is 0 Å². The average Bonchev–Trinajstić information content (AvgIpc) is 3.61. The number of hydrogen-bond acceptors (Lipinski definition) is 4. The number of carbonyl (C=O) groups is 1. The summed E-state index contributed by atoms with van der Waals surface area (Å²) in [5, 5.41) is -0.370. The number of alkyl halides is 3. The zero-order valence-electron chi connectivity index (χ0n) is 20.6. The lowest BCUT2D eigenvalue weighted by Gasteiger charge is -2.32. The summed E-state index contributed by atoms with van der Waals surface area (Å²) in [6.45, 7) is 6.73. The van der Waals surface area contributed by atoms with Gasteiger partial charge in [0.25, 0.3) is 0 Å². The number of benzene rings is 2. The molecule has 9 heteroatoms. The van der Waals surface area contributed by atoms with Gasteiger partial charge in [0.1, 0.15) is 23.3 Å². The zero-order valence-corrected chi connectivity index (χ0v) is 21.3. The molecule has 0 atom stereocenters. The third kappa shape index (κ3) is 6.71. The van der Waals surface area contributed by atoms with Gasteiger partial charge in [0.15, 0.2) is 0 Å². The standard InChI is InChI=1S/C27H30ClF4NO3/c1-26(2,3)36-25(34)21-13-17(16-4-5-16)12-18(24(21)29)15-33-10-8-19(9-11-33)35-20-6-7-23(28)22(14-20)27(30,31)32/h6-7,12-14,16,19H,4-5,8-11,15H2,1-3H3. The Morgan fingerprint density at radius 1 is 1.06 bits per heavy atom. The lowest BCUT2D eigenvalue weighted by atomic mass is 9.99. The molecule has 4 nitrogen and oxygen atoms in total. The van der Waals surface area contributed by atoms with E-state index < -0.39 is 29.1 Å². The van der Waals surface area contributed by atoms with Gasteiger partial charge in [-0.3, -0.25) is 4.90 Å². The predicted molar refractivity (Wildman–Crippen MR) is 129 cm³/mol. The van der Waals surface area contributed by atoms with E-state index in [4.69, 9.17) is 21.1 Å². The van der Waals surface area contributed by atoms with Crippen LogP contribution in [0, 0.1) is 5.82 Å². The number of piperidine rings is 1. The van der Waals surface area contributed by atoms with Crippen LogP contribution in [0.25, 0.3) is 0 Å². The molecule has 36 heavy (non-hydrogen) atoms. The highest BCUT2D eigenvalue weighted by Crippen LogP contribution is 2.42. The monoisotopic (exact) mass is 527 g/mol. The second-order valence-corrected chi connectivity index (χ2v) is 11.0. The van der Waals surface area contributed by atoms with Crippen molar-refractivity contribution in [3.05, 3.63) is 63.4 Å². The molecule has 0 amide bonds. The molecular weight excluding hydrogens is 498 g/mol. The van der Waals surface area contributed by atoms with E-state index in [-0.39, 0.29) is 22.4 Å². The summed E-state index contributed by atoms with van der Waals surface area (Å²) in [5.74, 6) is -0.772. The fourth-order valence-corrected chi connectivity index (χ4v) is 4.60. The van der Waals surface area contributed by atoms with Crippen LogP contribution >= 0.6 is 11.6 Å². The summed E-state index contributed by atoms with van der Waals surface area (Å²) in [6, 6.07) is 7.00. The van der Waals surface area contributed by atoms with Gasteiger partial charge in [-0.05, 0) is 82.2 Å². The number of rotatable bonds is 6. The molecule has 1 saturated carbocycles. The number of likely N-dealkylation sites (tertiary alicyclic amines) is 1. The summed E-state index contributed by atoms with van der Waals surface area (Å²) < 4.78 is 66.0. The van der Waals surface area contributed by atoms with Crippen molar-refractivity contribution in [1.29, 1.82) is 0 Å². The van der Waals surface area contributed by atoms with E-state index in [1.165, 1.54) is 12.1 Å². The minimum absolute atomic E-state index is 0.0363. The van der Waals surface area contributed by atoms with Crippen LogP contribution in [0.15, 0.2) is 30.3 Å². The van der Waals surface area contributed by atoms with E-state index in [0.29, 0.717) is 44.0 Å². The molecule has 0 aromatic heterocycles. The largest absolute Gasteiger partial charge is 0.490 e. The van der Waals surface area contributed by atoms with Crippen molar-refractivity contribution in [2.45, 2.75) is 76.8 Å². The molecule has 2 fully saturated rings. The van der Waals surface area contributed by atoms with Crippen LogP contribution in [0.1, 0.15) is 79.4 Å². The Balaban J connectivity index is 1.42. The van der Waals surface area contributed by atoms with Crippen LogP contribution in [-0.4, -0.2) is 35.7 Å². The lowest BCUT2D eigenvalue weighted by Crippen LogP contribution is -2.38. The van der Waals surface area contributed by atoms with Crippen LogP contribution < -0.4 is 4.74 Å². The molecule has 0 unspecified atom stereocenters. The Bertz CT molecular complexity index is 1120. The highest BCUT2D eigenvalue weighted by Gasteiger charge is 2.34. The first-order valence-electron chi connectivity index (χ1n) is 12.1. The van der Waals surface area contributed by atoms with Gasteiger partial charge >= 0.3 is 12.1 Å². The fraction of sp³-hybridized carbons (Fsp3) is 0.519. The van der Waals surface area contributed by atoms with E-state index in [9.17, 15) is 18.0 Å². The predicted octanol–water partition coefficient (Wildman–Crippen LogP) is 7.37. The molecule has 0 bridgehead atoms. The molecule has 196 valence electrons. The summed E-state index contributed by atoms with van der Waals surface area (Å²) >= 11 is 5.69. The maximum absolute atomic E-state index is 15.4. The molecular formula is C27H30ClF4NO3. The van der Waals surface area contributed by atoms with Crippen molar-refractivity contribution in [3.8, 4) is 5.75 Å². The summed E-state index contributed by atoms with van der Waals surface area (Å²) in [4.78, 5) is 14.7. The maximum Gasteiger partial charge on any atom is 0.417 e. The van der Waals surface area contributed by atoms with Gasteiger partial charge in [0.05, 0.1) is 16.1 Å². The summed E-state index contributed by atoms with van der Waals surface area (Å²) in [5.41, 5.74) is -0.288. The van der Waals surface area contributed by atoms with E-state index in [2.05, 4.69) is 4.90 Å². The van der Waals surface area contributed by atoms with Gasteiger partial charge in [0.2, 0.25) is 0 Å². The van der Waals surface area contributed by atoms with Crippen LogP contribution in [0.3, 0.4) is 0 Å². The van der Waals surface area contributed by atoms with Crippen molar-refractivity contribution < 1.29 is 31.8 Å². The number of nitrogens with zero attached hydrogens (tertiary/aromatic N) is 1. The molecule has 0 radical (unpaired) electrons. The maximum atomic E-state index is 15.4. The second-order valence-electron chi connectivity index (χ2n) is 10.6. The third-order valence-electron chi connectivity index (χ3n) is 6.31. The quantitative estimate of drug-likeness (QED) is 0.290. The Morgan fingerprint density at radius 2 is 1.72 bits per heavy atom. The molecule has 1 aliphatic heterocycles. The highest BCUT2D eigenvalue weighted by molar-refractivity contribution is 6.31. The molecule has 4 rings (SSSR count). The third-order valence-corrected chi connectivity index (χ3v) is 6.64. The average molecular weight is 528 g/mol. The molecule has 1 aliphatic carbocycles. The Labute approximate surface area is 213 Å². The molecule has 2 aliphatic rings. The first kappa shape index (κ1) is 26.7. The molecule has 2 aromatic carbocycles. The Kier molecular flexibility index (Phi) is 7.58. The van der Waals surface area contributed by atoms with Crippen LogP contribution in [0.5, 0.6) is 5.75 Å². The molecule has 2 aromatic rings. The molecule has 0 N–H and O–H groups in total. The first-order valence-corrected chi connectivity index (χ1v) is 12.5. The zero-order chi connectivity index (χ0) is 26.3. The normalized spacial score (nSPS) is 17.8. The van der Waals surface area contributed by atoms with Crippen molar-refractivity contribution >= 4 is 17.6 Å². The smallest absolute Gasteiger partial charge is 0.417 e. The minimum atomic E-state index is -4.56. The van der Waals surface area contributed by atoms with Crippen LogP contribution in [0.4, 0.5) is 17.6 Å². The summed E-state index contributed by atoms with van der Waals surface area (Å²) in [6.07, 6.45) is -1.63. The van der Waals surface area contributed by atoms with Gasteiger partial charge in [-0.25, -0.2) is 9.18 Å². The van der Waals surface area contributed by atoms with E-state index in [1.807, 2.05) is 6.07 Å². The topological polar surface area (TPSA) is 38.8 Å².